The predicted molar refractivity (Wildman–Crippen MR) is 212 cm³/mol. The standard InChI is InChI=1S/C49H31NO2/c51-48(31-13-3-1-4-14-31)41-26-27-42(36-18-8-7-17-35(36)41)49(52)47-39-21-10-9-19-37(39)43-29-32(23-25-40(43)47)33-24-28-46-44(30-33)38-20-11-12-22-45(38)50(46)34-15-5-2-6-16-34/h1-30,47H. The average molecular weight is 666 g/mol. The monoisotopic (exact) mass is 665 g/mol. The van der Waals surface area contributed by atoms with Gasteiger partial charge in [-0.1, -0.05) is 133 Å². The fourth-order valence-electron chi connectivity index (χ4n) is 8.29. The van der Waals surface area contributed by atoms with Gasteiger partial charge in [-0.2, -0.15) is 0 Å². The van der Waals surface area contributed by atoms with Crippen molar-refractivity contribution in [2.75, 3.05) is 0 Å². The number of para-hydroxylation sites is 2. The number of rotatable bonds is 6. The summed E-state index contributed by atoms with van der Waals surface area (Å²) in [7, 11) is 0. The number of nitrogens with zero attached hydrogens (tertiary/aromatic N) is 1. The minimum Gasteiger partial charge on any atom is -0.309 e. The van der Waals surface area contributed by atoms with Crippen LogP contribution < -0.4 is 0 Å². The van der Waals surface area contributed by atoms with Crippen LogP contribution in [-0.2, 0) is 0 Å². The molecule has 3 heteroatoms. The second-order valence-electron chi connectivity index (χ2n) is 13.5. The van der Waals surface area contributed by atoms with Gasteiger partial charge in [0, 0.05) is 33.2 Å². The van der Waals surface area contributed by atoms with Gasteiger partial charge >= 0.3 is 0 Å². The topological polar surface area (TPSA) is 39.1 Å². The lowest BCUT2D eigenvalue weighted by atomic mass is 9.85. The Morgan fingerprint density at radius 2 is 1.00 bits per heavy atom. The molecule has 0 fully saturated rings. The number of carbonyl (C=O) groups is 2. The molecule has 1 aliphatic carbocycles. The smallest absolute Gasteiger partial charge is 0.193 e. The molecular formula is C49H31NO2. The van der Waals surface area contributed by atoms with Crippen LogP contribution in [0.1, 0.15) is 43.3 Å². The van der Waals surface area contributed by atoms with E-state index in [4.69, 9.17) is 0 Å². The second kappa shape index (κ2) is 11.9. The van der Waals surface area contributed by atoms with E-state index in [1.54, 1.807) is 0 Å². The molecule has 0 saturated carbocycles. The number of fused-ring (bicyclic) bond motifs is 7. The van der Waals surface area contributed by atoms with E-state index in [1.807, 2.05) is 84.9 Å². The lowest BCUT2D eigenvalue weighted by Gasteiger charge is -2.16. The highest BCUT2D eigenvalue weighted by Crippen LogP contribution is 2.48. The van der Waals surface area contributed by atoms with E-state index in [1.165, 1.54) is 16.3 Å². The molecule has 9 aromatic rings. The normalized spacial score (nSPS) is 13.3. The van der Waals surface area contributed by atoms with E-state index in [0.717, 1.165) is 55.4 Å². The summed E-state index contributed by atoms with van der Waals surface area (Å²) in [6.07, 6.45) is 0. The third-order valence-electron chi connectivity index (χ3n) is 10.7. The second-order valence-corrected chi connectivity index (χ2v) is 13.5. The zero-order valence-electron chi connectivity index (χ0n) is 28.2. The Kier molecular flexibility index (Phi) is 6.87. The first-order valence-electron chi connectivity index (χ1n) is 17.6. The van der Waals surface area contributed by atoms with Gasteiger partial charge in [0.1, 0.15) is 0 Å². The molecule has 3 nitrogen and oxygen atoms in total. The van der Waals surface area contributed by atoms with Crippen LogP contribution in [0.15, 0.2) is 182 Å². The Bertz CT molecular complexity index is 2880. The van der Waals surface area contributed by atoms with Crippen LogP contribution in [0.25, 0.3) is 60.5 Å². The van der Waals surface area contributed by atoms with Gasteiger partial charge in [0.25, 0.3) is 0 Å². The van der Waals surface area contributed by atoms with Crippen LogP contribution in [0.4, 0.5) is 0 Å². The predicted octanol–water partition coefficient (Wildman–Crippen LogP) is 11.8. The average Bonchev–Trinajstić information content (AvgIpc) is 3.73. The lowest BCUT2D eigenvalue weighted by Crippen LogP contribution is -2.13. The SMILES string of the molecule is O=C(c1ccccc1)c1ccc(C(=O)C2c3ccccc3-c3cc(-c4ccc5c(c4)c4ccccc4n5-c4ccccc4)ccc32)c2ccccc12. The van der Waals surface area contributed by atoms with E-state index in [0.29, 0.717) is 16.7 Å². The molecule has 0 saturated heterocycles. The molecule has 1 heterocycles. The highest BCUT2D eigenvalue weighted by molar-refractivity contribution is 6.21. The highest BCUT2D eigenvalue weighted by atomic mass is 16.1. The van der Waals surface area contributed by atoms with Gasteiger partial charge < -0.3 is 4.57 Å². The summed E-state index contributed by atoms with van der Waals surface area (Å²) in [6, 6.07) is 61.4. The molecule has 1 aliphatic rings. The van der Waals surface area contributed by atoms with Crippen molar-refractivity contribution in [1.82, 2.24) is 4.57 Å². The maximum absolute atomic E-state index is 14.8. The van der Waals surface area contributed by atoms with Crippen molar-refractivity contribution in [3.05, 3.63) is 210 Å². The van der Waals surface area contributed by atoms with Gasteiger partial charge in [0.15, 0.2) is 11.6 Å². The number of benzene rings is 8. The molecule has 1 atom stereocenters. The number of Topliss-reactive ketones (excluding diaryl/α,β-unsaturated/α-hetero) is 1. The van der Waals surface area contributed by atoms with Gasteiger partial charge in [-0.05, 0) is 92.7 Å². The fourth-order valence-corrected chi connectivity index (χ4v) is 8.29. The van der Waals surface area contributed by atoms with Gasteiger partial charge in [-0.25, -0.2) is 0 Å². The van der Waals surface area contributed by atoms with Crippen LogP contribution >= 0.6 is 0 Å². The Hall–Kier alpha value is -6.84. The van der Waals surface area contributed by atoms with Crippen LogP contribution in [0, 0.1) is 0 Å². The minimum absolute atomic E-state index is 0.0315. The third-order valence-corrected chi connectivity index (χ3v) is 10.7. The molecule has 0 amide bonds. The maximum atomic E-state index is 14.8. The van der Waals surface area contributed by atoms with E-state index < -0.39 is 5.92 Å². The van der Waals surface area contributed by atoms with E-state index >= 15 is 0 Å². The Morgan fingerprint density at radius 3 is 1.81 bits per heavy atom. The number of hydrogen-bond acceptors (Lipinski definition) is 2. The van der Waals surface area contributed by atoms with Crippen molar-refractivity contribution >= 4 is 44.1 Å². The molecule has 1 aromatic heterocycles. The summed E-state index contributed by atoms with van der Waals surface area (Å²) in [5.41, 5.74) is 11.7. The molecule has 244 valence electrons. The van der Waals surface area contributed by atoms with Gasteiger partial charge in [0.05, 0.1) is 17.0 Å². The summed E-state index contributed by atoms with van der Waals surface area (Å²) in [5.74, 6) is -0.475. The van der Waals surface area contributed by atoms with Gasteiger partial charge in [0.2, 0.25) is 0 Å². The van der Waals surface area contributed by atoms with E-state index in [9.17, 15) is 9.59 Å². The van der Waals surface area contributed by atoms with Crippen LogP contribution in [-0.4, -0.2) is 16.1 Å². The molecular weight excluding hydrogens is 635 g/mol. The Balaban J connectivity index is 1.08. The van der Waals surface area contributed by atoms with Crippen LogP contribution in [0.5, 0.6) is 0 Å². The summed E-state index contributed by atoms with van der Waals surface area (Å²) in [5, 5.41) is 3.99. The van der Waals surface area contributed by atoms with Crippen molar-refractivity contribution in [3.8, 4) is 27.9 Å². The molecule has 1 unspecified atom stereocenters. The Labute approximate surface area is 301 Å². The van der Waals surface area contributed by atoms with Crippen molar-refractivity contribution in [1.29, 1.82) is 0 Å². The first kappa shape index (κ1) is 30.0. The zero-order valence-corrected chi connectivity index (χ0v) is 28.2. The van der Waals surface area contributed by atoms with E-state index in [2.05, 4.69) is 102 Å². The molecule has 0 aliphatic heterocycles. The maximum Gasteiger partial charge on any atom is 0.193 e. The molecule has 10 rings (SSSR count). The summed E-state index contributed by atoms with van der Waals surface area (Å²) in [4.78, 5) is 28.4. The number of ketones is 2. The van der Waals surface area contributed by atoms with Crippen molar-refractivity contribution in [3.63, 3.8) is 0 Å². The van der Waals surface area contributed by atoms with Crippen LogP contribution in [0.2, 0.25) is 0 Å². The van der Waals surface area contributed by atoms with Gasteiger partial charge in [-0.3, -0.25) is 9.59 Å². The van der Waals surface area contributed by atoms with Crippen molar-refractivity contribution in [2.45, 2.75) is 5.92 Å². The zero-order chi connectivity index (χ0) is 34.8. The first-order valence-corrected chi connectivity index (χ1v) is 17.6. The van der Waals surface area contributed by atoms with Crippen molar-refractivity contribution < 1.29 is 9.59 Å². The summed E-state index contributed by atoms with van der Waals surface area (Å²) < 4.78 is 2.33. The molecule has 0 N–H and O–H groups in total. The van der Waals surface area contributed by atoms with Crippen LogP contribution in [0.3, 0.4) is 0 Å². The molecule has 52 heavy (non-hydrogen) atoms. The Morgan fingerprint density at radius 1 is 0.423 bits per heavy atom. The number of hydrogen-bond donors (Lipinski definition) is 0. The minimum atomic E-state index is -0.453. The lowest BCUT2D eigenvalue weighted by molar-refractivity contribution is 0.0975. The summed E-state index contributed by atoms with van der Waals surface area (Å²) in [6.45, 7) is 0. The number of aromatic nitrogens is 1. The number of carbonyl (C=O) groups excluding carboxylic acids is 2. The highest BCUT2D eigenvalue weighted by Gasteiger charge is 2.35. The quantitative estimate of drug-likeness (QED) is 0.166. The molecule has 8 aromatic carbocycles. The van der Waals surface area contributed by atoms with Gasteiger partial charge in [-0.15, -0.1) is 0 Å². The largest absolute Gasteiger partial charge is 0.309 e. The third kappa shape index (κ3) is 4.60. The van der Waals surface area contributed by atoms with E-state index in [-0.39, 0.29) is 11.6 Å². The summed E-state index contributed by atoms with van der Waals surface area (Å²) >= 11 is 0. The molecule has 0 bridgehead atoms. The van der Waals surface area contributed by atoms with Crippen molar-refractivity contribution in [2.24, 2.45) is 0 Å². The molecule has 0 spiro atoms. The fraction of sp³-hybridized carbons (Fsp3) is 0.0204. The first-order chi connectivity index (χ1) is 25.7. The molecule has 0 radical (unpaired) electrons.